The molecule has 1 rings (SSSR count). The van der Waals surface area contributed by atoms with Gasteiger partial charge in [-0.2, -0.15) is 0 Å². The van der Waals surface area contributed by atoms with Crippen molar-refractivity contribution in [1.29, 1.82) is 0 Å². The zero-order chi connectivity index (χ0) is 11.3. The summed E-state index contributed by atoms with van der Waals surface area (Å²) in [6.45, 7) is 0. The lowest BCUT2D eigenvalue weighted by atomic mass is 10.2. The van der Waals surface area contributed by atoms with E-state index in [4.69, 9.17) is 5.84 Å². The molecule has 80 valence electrons. The smallest absolute Gasteiger partial charge is 0.243 e. The van der Waals surface area contributed by atoms with Gasteiger partial charge in [-0.05, 0) is 12.1 Å². The maximum atomic E-state index is 11.5. The van der Waals surface area contributed by atoms with E-state index in [9.17, 15) is 9.59 Å². The molecule has 0 heterocycles. The van der Waals surface area contributed by atoms with E-state index in [1.807, 2.05) is 23.6 Å². The predicted octanol–water partition coefficient (Wildman–Crippen LogP) is 0.0294. The van der Waals surface area contributed by atoms with Gasteiger partial charge in [0.25, 0.3) is 0 Å². The molecule has 3 N–H and O–H groups in total. The summed E-state index contributed by atoms with van der Waals surface area (Å²) in [5.41, 5.74) is 2.66. The molecule has 0 bridgehead atoms. The molecule has 0 fully saturated rings. The Balaban J connectivity index is 2.65. The van der Waals surface area contributed by atoms with Crippen LogP contribution in [0.15, 0.2) is 30.3 Å². The van der Waals surface area contributed by atoms with Crippen molar-refractivity contribution < 1.29 is 9.59 Å². The molecule has 0 aromatic heterocycles. The molecule has 0 aliphatic carbocycles. The van der Waals surface area contributed by atoms with E-state index in [0.29, 0.717) is 0 Å². The van der Waals surface area contributed by atoms with Gasteiger partial charge >= 0.3 is 0 Å². The fourth-order valence-electron chi connectivity index (χ4n) is 1.10. The van der Waals surface area contributed by atoms with Crippen LogP contribution in [0.1, 0.15) is 6.42 Å². The molecular formula is C10H13N3O2. The first kappa shape index (κ1) is 11.2. The Morgan fingerprint density at radius 1 is 1.33 bits per heavy atom. The summed E-state index contributed by atoms with van der Waals surface area (Å²) in [5.74, 6) is 4.09. The van der Waals surface area contributed by atoms with Crippen LogP contribution in [0.4, 0.5) is 5.69 Å². The van der Waals surface area contributed by atoms with Gasteiger partial charge in [-0.3, -0.25) is 15.0 Å². The van der Waals surface area contributed by atoms with Crippen molar-refractivity contribution in [2.24, 2.45) is 5.84 Å². The van der Waals surface area contributed by atoms with Crippen molar-refractivity contribution in [3.05, 3.63) is 30.3 Å². The Labute approximate surface area is 87.8 Å². The molecule has 0 saturated heterocycles. The van der Waals surface area contributed by atoms with Crippen LogP contribution >= 0.6 is 0 Å². The number of hydrogen-bond acceptors (Lipinski definition) is 3. The number of anilines is 1. The number of hydrazine groups is 1. The van der Waals surface area contributed by atoms with Gasteiger partial charge in [0, 0.05) is 12.7 Å². The molecule has 0 spiro atoms. The average Bonchev–Trinajstić information content (AvgIpc) is 2.29. The summed E-state index contributed by atoms with van der Waals surface area (Å²) >= 11 is 0. The van der Waals surface area contributed by atoms with Crippen molar-refractivity contribution in [3.8, 4) is 0 Å². The highest BCUT2D eigenvalue weighted by molar-refractivity contribution is 6.04. The summed E-state index contributed by atoms with van der Waals surface area (Å²) < 4.78 is 0. The molecule has 2 amide bonds. The summed E-state index contributed by atoms with van der Waals surface area (Å²) in [6.07, 6.45) is -0.248. The van der Waals surface area contributed by atoms with E-state index in [1.165, 1.54) is 4.90 Å². The van der Waals surface area contributed by atoms with Crippen LogP contribution in [-0.4, -0.2) is 18.9 Å². The average molecular weight is 207 g/mol. The summed E-state index contributed by atoms with van der Waals surface area (Å²) in [6, 6.07) is 9.08. The highest BCUT2D eigenvalue weighted by Crippen LogP contribution is 2.11. The second-order valence-electron chi connectivity index (χ2n) is 3.03. The van der Waals surface area contributed by atoms with E-state index in [-0.39, 0.29) is 12.3 Å². The molecule has 0 radical (unpaired) electrons. The molecule has 0 unspecified atom stereocenters. The Bertz CT molecular complexity index is 351. The fraction of sp³-hybridized carbons (Fsp3) is 0.200. The fourth-order valence-corrected chi connectivity index (χ4v) is 1.10. The second kappa shape index (κ2) is 5.11. The molecule has 5 nitrogen and oxygen atoms in total. The van der Waals surface area contributed by atoms with Gasteiger partial charge in [0.05, 0.1) is 0 Å². The van der Waals surface area contributed by atoms with Crippen molar-refractivity contribution in [3.63, 3.8) is 0 Å². The van der Waals surface area contributed by atoms with Gasteiger partial charge in [0.1, 0.15) is 6.42 Å². The van der Waals surface area contributed by atoms with Crippen molar-refractivity contribution >= 4 is 17.5 Å². The van der Waals surface area contributed by atoms with Gasteiger partial charge < -0.3 is 4.90 Å². The minimum Gasteiger partial charge on any atom is -0.315 e. The van der Waals surface area contributed by atoms with Crippen molar-refractivity contribution in [2.75, 3.05) is 11.9 Å². The molecule has 15 heavy (non-hydrogen) atoms. The van der Waals surface area contributed by atoms with Gasteiger partial charge in [-0.15, -0.1) is 0 Å². The third kappa shape index (κ3) is 3.07. The molecule has 1 aromatic carbocycles. The minimum atomic E-state index is -0.497. The number of para-hydroxylation sites is 1. The third-order valence-electron chi connectivity index (χ3n) is 1.99. The molecule has 0 atom stereocenters. The lowest BCUT2D eigenvalue weighted by Gasteiger charge is -2.16. The van der Waals surface area contributed by atoms with Crippen LogP contribution in [0.5, 0.6) is 0 Å². The minimum absolute atomic E-state index is 0.248. The zero-order valence-corrected chi connectivity index (χ0v) is 8.43. The van der Waals surface area contributed by atoms with Crippen molar-refractivity contribution in [2.45, 2.75) is 6.42 Å². The Kier molecular flexibility index (Phi) is 3.82. The molecule has 0 aliphatic heterocycles. The van der Waals surface area contributed by atoms with Crippen LogP contribution < -0.4 is 16.2 Å². The van der Waals surface area contributed by atoms with Gasteiger partial charge in [0.15, 0.2) is 0 Å². The normalized spacial score (nSPS) is 9.47. The van der Waals surface area contributed by atoms with E-state index in [2.05, 4.69) is 0 Å². The van der Waals surface area contributed by atoms with Crippen LogP contribution in [0, 0.1) is 0 Å². The summed E-state index contributed by atoms with van der Waals surface area (Å²) in [7, 11) is 1.61. The molecular weight excluding hydrogens is 194 g/mol. The maximum Gasteiger partial charge on any atom is 0.243 e. The van der Waals surface area contributed by atoms with E-state index >= 15 is 0 Å². The molecule has 5 heteroatoms. The molecule has 0 aliphatic rings. The van der Waals surface area contributed by atoms with E-state index < -0.39 is 5.91 Å². The van der Waals surface area contributed by atoms with Gasteiger partial charge in [-0.25, -0.2) is 5.84 Å². The first-order chi connectivity index (χ1) is 7.15. The number of rotatable bonds is 3. The lowest BCUT2D eigenvalue weighted by Crippen LogP contribution is -2.36. The number of carbonyl (C=O) groups is 2. The van der Waals surface area contributed by atoms with Crippen LogP contribution in [-0.2, 0) is 9.59 Å². The highest BCUT2D eigenvalue weighted by atomic mass is 16.2. The van der Waals surface area contributed by atoms with Gasteiger partial charge in [0.2, 0.25) is 11.8 Å². The molecule has 0 saturated carbocycles. The zero-order valence-electron chi connectivity index (χ0n) is 8.43. The SMILES string of the molecule is CN(C(=O)CC(=O)NN)c1ccccc1. The third-order valence-corrected chi connectivity index (χ3v) is 1.99. The summed E-state index contributed by atoms with van der Waals surface area (Å²) in [4.78, 5) is 23.8. The van der Waals surface area contributed by atoms with Crippen LogP contribution in [0.2, 0.25) is 0 Å². The number of amides is 2. The Morgan fingerprint density at radius 3 is 2.47 bits per heavy atom. The number of nitrogens with zero attached hydrogens (tertiary/aromatic N) is 1. The second-order valence-corrected chi connectivity index (χ2v) is 3.03. The van der Waals surface area contributed by atoms with E-state index in [0.717, 1.165) is 5.69 Å². The quantitative estimate of drug-likeness (QED) is 0.318. The van der Waals surface area contributed by atoms with Gasteiger partial charge in [-0.1, -0.05) is 18.2 Å². The standard InChI is InChI=1S/C10H13N3O2/c1-13(8-5-3-2-4-6-8)10(15)7-9(14)12-11/h2-6H,7,11H2,1H3,(H,12,14). The first-order valence-corrected chi connectivity index (χ1v) is 4.46. The van der Waals surface area contributed by atoms with Crippen molar-refractivity contribution in [1.82, 2.24) is 5.43 Å². The molecule has 1 aromatic rings. The highest BCUT2D eigenvalue weighted by Gasteiger charge is 2.13. The number of carbonyl (C=O) groups excluding carboxylic acids is 2. The number of hydrogen-bond donors (Lipinski definition) is 2. The monoisotopic (exact) mass is 207 g/mol. The Hall–Kier alpha value is -1.88. The topological polar surface area (TPSA) is 75.4 Å². The van der Waals surface area contributed by atoms with Crippen LogP contribution in [0.3, 0.4) is 0 Å². The van der Waals surface area contributed by atoms with Crippen LogP contribution in [0.25, 0.3) is 0 Å². The largest absolute Gasteiger partial charge is 0.315 e. The lowest BCUT2D eigenvalue weighted by molar-refractivity contribution is -0.127. The number of benzene rings is 1. The Morgan fingerprint density at radius 2 is 1.93 bits per heavy atom. The first-order valence-electron chi connectivity index (χ1n) is 4.46. The predicted molar refractivity (Wildman–Crippen MR) is 56.8 cm³/mol. The number of nitrogens with one attached hydrogen (secondary N) is 1. The maximum absolute atomic E-state index is 11.5. The number of nitrogens with two attached hydrogens (primary N) is 1. The summed E-state index contributed by atoms with van der Waals surface area (Å²) in [5, 5.41) is 0. The van der Waals surface area contributed by atoms with E-state index in [1.54, 1.807) is 19.2 Å².